The van der Waals surface area contributed by atoms with Gasteiger partial charge in [0.25, 0.3) is 11.8 Å². The number of halogens is 2. The minimum atomic E-state index is -0.389. The summed E-state index contributed by atoms with van der Waals surface area (Å²) in [5, 5.41) is 3.63. The second-order valence-corrected chi connectivity index (χ2v) is 7.25. The maximum atomic E-state index is 12.5. The van der Waals surface area contributed by atoms with Gasteiger partial charge in [-0.3, -0.25) is 9.59 Å². The third-order valence-electron chi connectivity index (χ3n) is 4.03. The van der Waals surface area contributed by atoms with Crippen LogP contribution in [0.15, 0.2) is 70.8 Å². The molecule has 0 saturated carbocycles. The lowest BCUT2D eigenvalue weighted by Crippen LogP contribution is -2.34. The topological polar surface area (TPSA) is 62.6 Å². The average Bonchev–Trinajstić information content (AvgIpc) is 3.15. The molecule has 0 fully saturated rings. The van der Waals surface area contributed by atoms with Crippen LogP contribution >= 0.6 is 23.2 Å². The number of hydrogen-bond acceptors (Lipinski definition) is 3. The van der Waals surface area contributed by atoms with E-state index >= 15 is 0 Å². The van der Waals surface area contributed by atoms with Crippen molar-refractivity contribution < 1.29 is 14.0 Å². The fourth-order valence-corrected chi connectivity index (χ4v) is 3.08. The van der Waals surface area contributed by atoms with E-state index in [1.807, 2.05) is 6.07 Å². The molecule has 1 aromatic heterocycles. The molecule has 7 heteroatoms. The molecule has 29 heavy (non-hydrogen) atoms. The molecule has 2 amide bonds. The van der Waals surface area contributed by atoms with E-state index in [0.29, 0.717) is 32.7 Å². The van der Waals surface area contributed by atoms with E-state index in [0.717, 1.165) is 0 Å². The molecular formula is C22H18Cl2N2O3. The third kappa shape index (κ3) is 5.08. The second-order valence-electron chi connectivity index (χ2n) is 6.40. The third-order valence-corrected chi connectivity index (χ3v) is 4.58. The van der Waals surface area contributed by atoms with E-state index in [4.69, 9.17) is 27.6 Å². The molecule has 0 unspecified atom stereocenters. The maximum Gasteiger partial charge on any atom is 0.269 e. The predicted molar refractivity (Wildman–Crippen MR) is 115 cm³/mol. The average molecular weight is 429 g/mol. The van der Waals surface area contributed by atoms with Gasteiger partial charge in [0.2, 0.25) is 0 Å². The minimum Gasteiger partial charge on any atom is -0.457 e. The Hall–Kier alpha value is -3.02. The van der Waals surface area contributed by atoms with Gasteiger partial charge in [-0.2, -0.15) is 0 Å². The maximum absolute atomic E-state index is 12.5. The highest BCUT2D eigenvalue weighted by Crippen LogP contribution is 2.32. The summed E-state index contributed by atoms with van der Waals surface area (Å²) in [6, 6.07) is 17.2. The van der Waals surface area contributed by atoms with Crippen LogP contribution < -0.4 is 5.32 Å². The standard InChI is InChI=1S/C22H18Cl2N2O3/c1-26(2)22(28)19(25-21(27)14-6-4-3-5-7-14)13-16-9-11-20(29-16)17-10-8-15(23)12-18(17)24/h3-13H,1-2H3,(H,25,27)/b19-13+. The van der Waals surface area contributed by atoms with Crippen molar-refractivity contribution in [3.63, 3.8) is 0 Å². The highest BCUT2D eigenvalue weighted by molar-refractivity contribution is 6.36. The second kappa shape index (κ2) is 8.99. The number of benzene rings is 2. The largest absolute Gasteiger partial charge is 0.457 e. The van der Waals surface area contributed by atoms with E-state index in [-0.39, 0.29) is 17.5 Å². The molecule has 5 nitrogen and oxygen atoms in total. The smallest absolute Gasteiger partial charge is 0.269 e. The molecule has 0 aliphatic carbocycles. The number of nitrogens with one attached hydrogen (secondary N) is 1. The van der Waals surface area contributed by atoms with Crippen molar-refractivity contribution in [2.75, 3.05) is 14.1 Å². The summed E-state index contributed by atoms with van der Waals surface area (Å²) in [5.41, 5.74) is 1.20. The van der Waals surface area contributed by atoms with Gasteiger partial charge in [0, 0.05) is 36.3 Å². The van der Waals surface area contributed by atoms with Crippen LogP contribution in [0, 0.1) is 0 Å². The van der Waals surface area contributed by atoms with E-state index < -0.39 is 0 Å². The number of carbonyl (C=O) groups excluding carboxylic acids is 2. The van der Waals surface area contributed by atoms with Crippen LogP contribution in [-0.4, -0.2) is 30.8 Å². The Morgan fingerprint density at radius 3 is 2.38 bits per heavy atom. The van der Waals surface area contributed by atoms with E-state index in [9.17, 15) is 9.59 Å². The molecule has 0 aliphatic heterocycles. The van der Waals surface area contributed by atoms with E-state index in [1.54, 1.807) is 68.7 Å². The Labute approximate surface area is 178 Å². The summed E-state index contributed by atoms with van der Waals surface area (Å²) in [6.45, 7) is 0. The van der Waals surface area contributed by atoms with Crippen LogP contribution in [0.2, 0.25) is 10.0 Å². The molecule has 0 radical (unpaired) electrons. The Morgan fingerprint density at radius 2 is 1.72 bits per heavy atom. The lowest BCUT2D eigenvalue weighted by atomic mass is 10.2. The van der Waals surface area contributed by atoms with Gasteiger partial charge in [0.15, 0.2) is 0 Å². The molecule has 0 saturated heterocycles. The number of rotatable bonds is 5. The molecule has 0 atom stereocenters. The van der Waals surface area contributed by atoms with Crippen molar-refractivity contribution in [1.29, 1.82) is 0 Å². The fourth-order valence-electron chi connectivity index (χ4n) is 2.58. The summed E-state index contributed by atoms with van der Waals surface area (Å²) in [7, 11) is 3.21. The van der Waals surface area contributed by atoms with Gasteiger partial charge in [-0.1, -0.05) is 41.4 Å². The Balaban J connectivity index is 1.91. The monoisotopic (exact) mass is 428 g/mol. The summed E-state index contributed by atoms with van der Waals surface area (Å²) in [4.78, 5) is 26.4. The summed E-state index contributed by atoms with van der Waals surface area (Å²) in [6.07, 6.45) is 1.48. The molecule has 0 spiro atoms. The molecular weight excluding hydrogens is 411 g/mol. The highest BCUT2D eigenvalue weighted by Gasteiger charge is 2.17. The first-order valence-corrected chi connectivity index (χ1v) is 9.46. The number of amides is 2. The molecule has 2 aromatic carbocycles. The van der Waals surface area contributed by atoms with Gasteiger partial charge in [-0.05, 0) is 42.5 Å². The fraction of sp³-hybridized carbons (Fsp3) is 0.0909. The Bertz CT molecular complexity index is 1070. The van der Waals surface area contributed by atoms with Crippen LogP contribution in [0.25, 0.3) is 17.4 Å². The van der Waals surface area contributed by atoms with Crippen LogP contribution in [0.1, 0.15) is 16.1 Å². The predicted octanol–water partition coefficient (Wildman–Crippen LogP) is 5.11. The lowest BCUT2D eigenvalue weighted by molar-refractivity contribution is -0.124. The van der Waals surface area contributed by atoms with Gasteiger partial charge in [-0.25, -0.2) is 0 Å². The van der Waals surface area contributed by atoms with Crippen molar-refractivity contribution in [2.45, 2.75) is 0 Å². The number of nitrogens with zero attached hydrogens (tertiary/aromatic N) is 1. The first-order chi connectivity index (χ1) is 13.8. The molecule has 3 rings (SSSR count). The van der Waals surface area contributed by atoms with Gasteiger partial charge < -0.3 is 14.6 Å². The van der Waals surface area contributed by atoms with Crippen molar-refractivity contribution in [3.8, 4) is 11.3 Å². The zero-order chi connectivity index (χ0) is 21.0. The SMILES string of the molecule is CN(C)C(=O)/C(=C\c1ccc(-c2ccc(Cl)cc2Cl)o1)NC(=O)c1ccccc1. The van der Waals surface area contributed by atoms with Gasteiger partial charge >= 0.3 is 0 Å². The van der Waals surface area contributed by atoms with Crippen LogP contribution in [0.4, 0.5) is 0 Å². The lowest BCUT2D eigenvalue weighted by Gasteiger charge is -2.14. The highest BCUT2D eigenvalue weighted by atomic mass is 35.5. The van der Waals surface area contributed by atoms with Crippen molar-refractivity contribution in [3.05, 3.63) is 87.7 Å². The van der Waals surface area contributed by atoms with Gasteiger partial charge in [0.1, 0.15) is 17.2 Å². The molecule has 0 aliphatic rings. The molecule has 3 aromatic rings. The molecule has 0 bridgehead atoms. The summed E-state index contributed by atoms with van der Waals surface area (Å²) >= 11 is 12.2. The first-order valence-electron chi connectivity index (χ1n) is 8.70. The number of furan rings is 1. The summed E-state index contributed by atoms with van der Waals surface area (Å²) in [5.74, 6) is 0.157. The van der Waals surface area contributed by atoms with E-state index in [1.165, 1.54) is 11.0 Å². The van der Waals surface area contributed by atoms with E-state index in [2.05, 4.69) is 5.32 Å². The molecule has 148 valence electrons. The minimum absolute atomic E-state index is 0.0898. The van der Waals surface area contributed by atoms with Gasteiger partial charge in [0.05, 0.1) is 5.02 Å². The Kier molecular flexibility index (Phi) is 6.42. The normalized spacial score (nSPS) is 11.2. The quantitative estimate of drug-likeness (QED) is 0.574. The zero-order valence-electron chi connectivity index (χ0n) is 15.8. The first kappa shape index (κ1) is 20.7. The number of hydrogen-bond donors (Lipinski definition) is 1. The van der Waals surface area contributed by atoms with Crippen LogP contribution in [0.3, 0.4) is 0 Å². The molecule has 1 N–H and O–H groups in total. The number of carbonyl (C=O) groups is 2. The zero-order valence-corrected chi connectivity index (χ0v) is 17.3. The molecule has 1 heterocycles. The number of likely N-dealkylation sites (N-methyl/N-ethyl adjacent to an activating group) is 1. The van der Waals surface area contributed by atoms with Crippen LogP contribution in [-0.2, 0) is 4.79 Å². The summed E-state index contributed by atoms with van der Waals surface area (Å²) < 4.78 is 5.81. The van der Waals surface area contributed by atoms with Crippen LogP contribution in [0.5, 0.6) is 0 Å². The van der Waals surface area contributed by atoms with Gasteiger partial charge in [-0.15, -0.1) is 0 Å². The Morgan fingerprint density at radius 1 is 1.00 bits per heavy atom. The van der Waals surface area contributed by atoms with Crippen molar-refractivity contribution >= 4 is 41.1 Å². The van der Waals surface area contributed by atoms with Crippen molar-refractivity contribution in [2.24, 2.45) is 0 Å². The van der Waals surface area contributed by atoms with Crippen molar-refractivity contribution in [1.82, 2.24) is 10.2 Å².